The van der Waals surface area contributed by atoms with Gasteiger partial charge in [0.15, 0.2) is 5.75 Å². The van der Waals surface area contributed by atoms with E-state index in [0.717, 1.165) is 25.7 Å². The molecule has 0 radical (unpaired) electrons. The number of ether oxygens (including phenoxy) is 1. The molecule has 1 aromatic rings. The molecule has 0 spiro atoms. The van der Waals surface area contributed by atoms with E-state index in [-0.39, 0.29) is 11.9 Å². The minimum Gasteiger partial charge on any atom is -0.490 e. The first kappa shape index (κ1) is 17.4. The van der Waals surface area contributed by atoms with Crippen LogP contribution in [0.4, 0.5) is 10.5 Å². The van der Waals surface area contributed by atoms with Gasteiger partial charge in [0.2, 0.25) is 0 Å². The first-order valence-electron chi connectivity index (χ1n) is 8.73. The van der Waals surface area contributed by atoms with Crippen molar-refractivity contribution in [3.8, 4) is 5.75 Å². The number of hydrogen-bond donors (Lipinski definition) is 2. The molecule has 2 amide bonds. The number of rotatable bonds is 3. The Kier molecular flexibility index (Phi) is 5.21. The van der Waals surface area contributed by atoms with E-state index in [1.165, 1.54) is 0 Å². The van der Waals surface area contributed by atoms with E-state index in [4.69, 9.17) is 16.3 Å². The highest BCUT2D eigenvalue weighted by Crippen LogP contribution is 2.40. The molecule has 3 rings (SSSR count). The fraction of sp³-hybridized carbons (Fsp3) is 0.611. The van der Waals surface area contributed by atoms with Crippen molar-refractivity contribution in [2.45, 2.75) is 44.6 Å². The Morgan fingerprint density at radius 1 is 1.46 bits per heavy atom. The largest absolute Gasteiger partial charge is 0.490 e. The summed E-state index contributed by atoms with van der Waals surface area (Å²) in [5.74, 6) is 0.678. The molecule has 24 heavy (non-hydrogen) atoms. The second-order valence-corrected chi connectivity index (χ2v) is 7.13. The highest BCUT2D eigenvalue weighted by molar-refractivity contribution is 6.32. The zero-order valence-corrected chi connectivity index (χ0v) is 14.8. The topological polar surface area (TPSA) is 61.8 Å². The molecule has 132 valence electrons. The highest BCUT2D eigenvalue weighted by Gasteiger charge is 2.43. The maximum absolute atomic E-state index is 12.6. The number of amides is 2. The van der Waals surface area contributed by atoms with E-state index in [2.05, 4.69) is 5.32 Å². The van der Waals surface area contributed by atoms with Gasteiger partial charge in [-0.1, -0.05) is 30.5 Å². The standard InChI is InChI=1S/C18H25ClN2O3/c1-2-24-16-14(19)7-5-8-15(16)20-17(22)21-11-10-18(23)9-4-3-6-13(18)12-21/h5,7-8,13,23H,2-4,6,9-12H2,1H3,(H,20,22)/t13-,18-/m0/s1. The Balaban J connectivity index is 1.69. The summed E-state index contributed by atoms with van der Waals surface area (Å²) >= 11 is 6.16. The summed E-state index contributed by atoms with van der Waals surface area (Å²) in [6.45, 7) is 3.53. The molecule has 2 N–H and O–H groups in total. The quantitative estimate of drug-likeness (QED) is 0.867. The van der Waals surface area contributed by atoms with E-state index >= 15 is 0 Å². The van der Waals surface area contributed by atoms with Crippen molar-refractivity contribution in [3.63, 3.8) is 0 Å². The lowest BCUT2D eigenvalue weighted by molar-refractivity contribution is -0.0863. The predicted molar refractivity (Wildman–Crippen MR) is 94.7 cm³/mol. The summed E-state index contributed by atoms with van der Waals surface area (Å²) in [7, 11) is 0. The van der Waals surface area contributed by atoms with E-state index in [0.29, 0.717) is 42.6 Å². The van der Waals surface area contributed by atoms with Gasteiger partial charge in [0.25, 0.3) is 0 Å². The van der Waals surface area contributed by atoms with E-state index < -0.39 is 5.60 Å². The van der Waals surface area contributed by atoms with Gasteiger partial charge in [-0.15, -0.1) is 0 Å². The summed E-state index contributed by atoms with van der Waals surface area (Å²) in [5.41, 5.74) is 0.000471. The third-order valence-electron chi connectivity index (χ3n) is 5.21. The number of likely N-dealkylation sites (tertiary alicyclic amines) is 1. The lowest BCUT2D eigenvalue weighted by atomic mass is 9.71. The number of carbonyl (C=O) groups is 1. The fourth-order valence-corrected chi connectivity index (χ4v) is 4.08. The molecule has 0 unspecified atom stereocenters. The van der Waals surface area contributed by atoms with Gasteiger partial charge in [0, 0.05) is 19.0 Å². The van der Waals surface area contributed by atoms with Crippen molar-refractivity contribution in [2.24, 2.45) is 5.92 Å². The lowest BCUT2D eigenvalue weighted by Gasteiger charge is -2.47. The minimum atomic E-state index is -0.582. The number of nitrogens with zero attached hydrogens (tertiary/aromatic N) is 1. The average Bonchev–Trinajstić information content (AvgIpc) is 2.57. The van der Waals surface area contributed by atoms with Crippen LogP contribution in [0.25, 0.3) is 0 Å². The number of hydrogen-bond acceptors (Lipinski definition) is 3. The highest BCUT2D eigenvalue weighted by atomic mass is 35.5. The van der Waals surface area contributed by atoms with Crippen molar-refractivity contribution in [1.82, 2.24) is 4.90 Å². The monoisotopic (exact) mass is 352 g/mol. The molecule has 1 saturated carbocycles. The molecule has 2 aliphatic rings. The zero-order valence-electron chi connectivity index (χ0n) is 14.1. The van der Waals surface area contributed by atoms with Crippen molar-refractivity contribution < 1.29 is 14.6 Å². The van der Waals surface area contributed by atoms with Gasteiger partial charge in [0.05, 0.1) is 22.9 Å². The number of carbonyl (C=O) groups excluding carboxylic acids is 1. The SMILES string of the molecule is CCOc1c(Cl)cccc1NC(=O)N1CC[C@@]2(O)CCCC[C@H]2C1. The Hall–Kier alpha value is -1.46. The van der Waals surface area contributed by atoms with Gasteiger partial charge < -0.3 is 20.1 Å². The first-order chi connectivity index (χ1) is 11.5. The molecule has 0 aromatic heterocycles. The summed E-state index contributed by atoms with van der Waals surface area (Å²) in [5, 5.41) is 14.1. The van der Waals surface area contributed by atoms with Crippen LogP contribution >= 0.6 is 11.6 Å². The minimum absolute atomic E-state index is 0.161. The number of benzene rings is 1. The van der Waals surface area contributed by atoms with E-state index in [1.807, 2.05) is 6.92 Å². The molecule has 2 atom stereocenters. The van der Waals surface area contributed by atoms with E-state index in [9.17, 15) is 9.90 Å². The average molecular weight is 353 g/mol. The second-order valence-electron chi connectivity index (χ2n) is 6.72. The van der Waals surface area contributed by atoms with Gasteiger partial charge >= 0.3 is 6.03 Å². The van der Waals surface area contributed by atoms with Crippen LogP contribution in [0.5, 0.6) is 5.75 Å². The Bertz CT molecular complexity index is 610. The maximum Gasteiger partial charge on any atom is 0.321 e. The van der Waals surface area contributed by atoms with Crippen LogP contribution in [0, 0.1) is 5.92 Å². The molecule has 1 aromatic carbocycles. The third kappa shape index (κ3) is 3.47. The number of piperidine rings is 1. The van der Waals surface area contributed by atoms with Gasteiger partial charge in [-0.2, -0.15) is 0 Å². The number of para-hydroxylation sites is 1. The first-order valence-corrected chi connectivity index (χ1v) is 9.11. The van der Waals surface area contributed by atoms with Crippen molar-refractivity contribution in [3.05, 3.63) is 23.2 Å². The van der Waals surface area contributed by atoms with Crippen LogP contribution in [0.15, 0.2) is 18.2 Å². The van der Waals surface area contributed by atoms with Crippen LogP contribution in [0.3, 0.4) is 0 Å². The maximum atomic E-state index is 12.6. The number of anilines is 1. The predicted octanol–water partition coefficient (Wildman–Crippen LogP) is 3.90. The number of nitrogens with one attached hydrogen (secondary N) is 1. The van der Waals surface area contributed by atoms with Crippen LogP contribution in [-0.4, -0.2) is 41.3 Å². The van der Waals surface area contributed by atoms with Crippen LogP contribution in [0.2, 0.25) is 5.02 Å². The van der Waals surface area contributed by atoms with Gasteiger partial charge in [-0.3, -0.25) is 0 Å². The second kappa shape index (κ2) is 7.19. The Morgan fingerprint density at radius 3 is 3.08 bits per heavy atom. The summed E-state index contributed by atoms with van der Waals surface area (Å²) < 4.78 is 5.55. The Labute approximate surface area is 147 Å². The number of fused-ring (bicyclic) bond motifs is 1. The smallest absolute Gasteiger partial charge is 0.321 e. The molecule has 1 aliphatic carbocycles. The molecule has 1 saturated heterocycles. The molecule has 6 heteroatoms. The van der Waals surface area contributed by atoms with Crippen molar-refractivity contribution >= 4 is 23.3 Å². The molecule has 2 fully saturated rings. The number of halogens is 1. The number of aliphatic hydroxyl groups is 1. The van der Waals surface area contributed by atoms with Crippen LogP contribution < -0.4 is 10.1 Å². The molecule has 5 nitrogen and oxygen atoms in total. The van der Waals surface area contributed by atoms with Crippen molar-refractivity contribution in [1.29, 1.82) is 0 Å². The molecule has 1 heterocycles. The Morgan fingerprint density at radius 2 is 2.29 bits per heavy atom. The van der Waals surface area contributed by atoms with Gasteiger partial charge in [-0.05, 0) is 38.3 Å². The molecular formula is C18H25ClN2O3. The summed E-state index contributed by atoms with van der Waals surface area (Å²) in [6.07, 6.45) is 4.71. The van der Waals surface area contributed by atoms with Gasteiger partial charge in [-0.25, -0.2) is 4.79 Å². The van der Waals surface area contributed by atoms with Gasteiger partial charge in [0.1, 0.15) is 0 Å². The third-order valence-corrected chi connectivity index (χ3v) is 5.51. The van der Waals surface area contributed by atoms with E-state index in [1.54, 1.807) is 23.1 Å². The molecular weight excluding hydrogens is 328 g/mol. The number of urea groups is 1. The molecule has 1 aliphatic heterocycles. The molecule has 0 bridgehead atoms. The summed E-state index contributed by atoms with van der Waals surface area (Å²) in [4.78, 5) is 14.4. The zero-order chi connectivity index (χ0) is 17.2. The van der Waals surface area contributed by atoms with Crippen molar-refractivity contribution in [2.75, 3.05) is 25.0 Å². The lowest BCUT2D eigenvalue weighted by Crippen LogP contribution is -2.55. The van der Waals surface area contributed by atoms with Crippen LogP contribution in [-0.2, 0) is 0 Å². The van der Waals surface area contributed by atoms with Crippen LogP contribution in [0.1, 0.15) is 39.0 Å². The normalized spacial score (nSPS) is 26.6. The summed E-state index contributed by atoms with van der Waals surface area (Å²) in [6, 6.07) is 5.16. The fourth-order valence-electron chi connectivity index (χ4n) is 3.85.